The highest BCUT2D eigenvalue weighted by Crippen LogP contribution is 2.24. The first-order valence-electron chi connectivity index (χ1n) is 11.7. The van der Waals surface area contributed by atoms with Crippen molar-refractivity contribution >= 4 is 32.9 Å². The van der Waals surface area contributed by atoms with E-state index in [1.807, 2.05) is 25.5 Å². The summed E-state index contributed by atoms with van der Waals surface area (Å²) in [6.45, 7) is 5.35. The smallest absolute Gasteiger partial charge is 0.243 e. The number of sulfonamides is 1. The maximum Gasteiger partial charge on any atom is 0.243 e. The third kappa shape index (κ3) is 6.32. The number of nitrogens with one attached hydrogen (secondary N) is 2. The number of carbonyl (C=O) groups excluding carboxylic acids is 2. The van der Waals surface area contributed by atoms with Crippen LogP contribution in [0.3, 0.4) is 0 Å². The van der Waals surface area contributed by atoms with Crippen LogP contribution in [0.2, 0.25) is 0 Å². The van der Waals surface area contributed by atoms with Crippen LogP contribution < -0.4 is 10.6 Å². The van der Waals surface area contributed by atoms with Crippen molar-refractivity contribution in [2.24, 2.45) is 7.05 Å². The molecule has 0 aliphatic carbocycles. The van der Waals surface area contributed by atoms with Crippen molar-refractivity contribution in [3.8, 4) is 0 Å². The second-order valence-corrected chi connectivity index (χ2v) is 10.6. The Bertz CT molecular complexity index is 1090. The number of aromatic nitrogens is 2. The number of aryl methyl sites for hydroxylation is 2. The number of carbonyl (C=O) groups is 2. The van der Waals surface area contributed by atoms with Gasteiger partial charge in [-0.1, -0.05) is 13.3 Å². The highest BCUT2D eigenvalue weighted by molar-refractivity contribution is 7.89. The Balaban J connectivity index is 1.58. The summed E-state index contributed by atoms with van der Waals surface area (Å²) in [7, 11) is -1.66. The average Bonchev–Trinajstić information content (AvgIpc) is 3.13. The van der Waals surface area contributed by atoms with Gasteiger partial charge in [-0.2, -0.15) is 4.31 Å². The lowest BCUT2D eigenvalue weighted by atomic mass is 10.2. The molecule has 9 nitrogen and oxygen atoms in total. The van der Waals surface area contributed by atoms with Gasteiger partial charge in [0.1, 0.15) is 5.82 Å². The summed E-state index contributed by atoms with van der Waals surface area (Å²) in [6.07, 6.45) is 4.61. The number of benzene rings is 1. The van der Waals surface area contributed by atoms with Gasteiger partial charge in [-0.05, 0) is 44.4 Å². The molecule has 1 fully saturated rings. The van der Waals surface area contributed by atoms with E-state index in [4.69, 9.17) is 0 Å². The van der Waals surface area contributed by atoms with Gasteiger partial charge in [0.05, 0.1) is 15.9 Å². The van der Waals surface area contributed by atoms with Crippen LogP contribution in [0.15, 0.2) is 23.1 Å². The summed E-state index contributed by atoms with van der Waals surface area (Å²) < 4.78 is 29.4. The van der Waals surface area contributed by atoms with E-state index in [9.17, 15) is 18.0 Å². The first-order valence-corrected chi connectivity index (χ1v) is 13.2. The minimum Gasteiger partial charge on any atom is -0.356 e. The molecule has 0 bridgehead atoms. The van der Waals surface area contributed by atoms with Gasteiger partial charge >= 0.3 is 0 Å². The van der Waals surface area contributed by atoms with Gasteiger partial charge in [-0.3, -0.25) is 9.59 Å². The molecule has 10 heteroatoms. The predicted molar refractivity (Wildman–Crippen MR) is 127 cm³/mol. The van der Waals surface area contributed by atoms with E-state index < -0.39 is 10.0 Å². The van der Waals surface area contributed by atoms with Crippen molar-refractivity contribution in [2.75, 3.05) is 19.6 Å². The van der Waals surface area contributed by atoms with E-state index in [1.54, 1.807) is 22.5 Å². The van der Waals surface area contributed by atoms with Crippen molar-refractivity contribution in [1.29, 1.82) is 0 Å². The quantitative estimate of drug-likeness (QED) is 0.544. The van der Waals surface area contributed by atoms with Crippen LogP contribution >= 0.6 is 0 Å². The van der Waals surface area contributed by atoms with Gasteiger partial charge in [-0.25, -0.2) is 13.4 Å². The zero-order valence-corrected chi connectivity index (χ0v) is 20.6. The first kappa shape index (κ1) is 25.2. The molecule has 1 aromatic heterocycles. The molecular weight excluding hydrogens is 442 g/mol. The van der Waals surface area contributed by atoms with Gasteiger partial charge in [0, 0.05) is 52.0 Å². The lowest BCUT2D eigenvalue weighted by Gasteiger charge is -2.25. The SMILES string of the molecule is CCC(C)NC(=O)CCNC(=O)CCc1nc2cc(S(=O)(=O)N3CCCCC3)ccc2n1C. The number of nitrogens with zero attached hydrogens (tertiary/aromatic N) is 3. The van der Waals surface area contributed by atoms with Gasteiger partial charge in [0.25, 0.3) is 0 Å². The Morgan fingerprint density at radius 3 is 2.55 bits per heavy atom. The van der Waals surface area contributed by atoms with E-state index >= 15 is 0 Å². The highest BCUT2D eigenvalue weighted by Gasteiger charge is 2.26. The van der Waals surface area contributed by atoms with Crippen molar-refractivity contribution in [3.63, 3.8) is 0 Å². The van der Waals surface area contributed by atoms with Crippen molar-refractivity contribution in [3.05, 3.63) is 24.0 Å². The van der Waals surface area contributed by atoms with E-state index in [0.29, 0.717) is 37.4 Å². The number of fused-ring (bicyclic) bond motifs is 1. The summed E-state index contributed by atoms with van der Waals surface area (Å²) in [4.78, 5) is 28.8. The molecule has 1 aliphatic rings. The molecule has 1 saturated heterocycles. The molecule has 33 heavy (non-hydrogen) atoms. The van der Waals surface area contributed by atoms with E-state index in [2.05, 4.69) is 15.6 Å². The summed E-state index contributed by atoms with van der Waals surface area (Å²) in [5.74, 6) is 0.490. The molecule has 0 saturated carbocycles. The fourth-order valence-electron chi connectivity index (χ4n) is 3.95. The van der Waals surface area contributed by atoms with E-state index in [-0.39, 0.29) is 35.6 Å². The molecule has 2 heterocycles. The standard InChI is InChI=1S/C23H35N5O4S/c1-4-17(2)25-23(30)12-13-24-22(29)11-10-21-26-19-16-18(8-9-20(19)27(21)3)33(31,32)28-14-6-5-7-15-28/h8-9,16-17H,4-7,10-15H2,1-3H3,(H,24,29)(H,25,30). The molecule has 2 aromatic rings. The maximum atomic E-state index is 13.0. The molecule has 3 rings (SSSR count). The van der Waals surface area contributed by atoms with Crippen molar-refractivity contribution in [2.45, 2.75) is 69.7 Å². The highest BCUT2D eigenvalue weighted by atomic mass is 32.2. The third-order valence-electron chi connectivity index (χ3n) is 6.17. The summed E-state index contributed by atoms with van der Waals surface area (Å²) in [5.41, 5.74) is 1.43. The van der Waals surface area contributed by atoms with Crippen LogP contribution in [-0.4, -0.2) is 59.8 Å². The topological polar surface area (TPSA) is 113 Å². The molecule has 1 atom stereocenters. The average molecular weight is 478 g/mol. The number of imidazole rings is 1. The Hall–Kier alpha value is -2.46. The van der Waals surface area contributed by atoms with Crippen LogP contribution in [0.1, 0.15) is 58.2 Å². The largest absolute Gasteiger partial charge is 0.356 e. The normalized spacial score (nSPS) is 16.0. The number of hydrogen-bond donors (Lipinski definition) is 2. The Morgan fingerprint density at radius 2 is 1.85 bits per heavy atom. The number of amides is 2. The number of piperidine rings is 1. The Kier molecular flexibility index (Phi) is 8.47. The summed E-state index contributed by atoms with van der Waals surface area (Å²) in [6, 6.07) is 5.16. The Morgan fingerprint density at radius 1 is 1.12 bits per heavy atom. The van der Waals surface area contributed by atoms with E-state index in [0.717, 1.165) is 31.2 Å². The first-order chi connectivity index (χ1) is 15.7. The zero-order valence-electron chi connectivity index (χ0n) is 19.8. The lowest BCUT2D eigenvalue weighted by Crippen LogP contribution is -2.35. The van der Waals surface area contributed by atoms with Gasteiger partial charge in [0.2, 0.25) is 21.8 Å². The molecular formula is C23H35N5O4S. The monoisotopic (exact) mass is 477 g/mol. The lowest BCUT2D eigenvalue weighted by molar-refractivity contribution is -0.122. The van der Waals surface area contributed by atoms with Crippen LogP contribution in [0, 0.1) is 0 Å². The fourth-order valence-corrected chi connectivity index (χ4v) is 5.48. The van der Waals surface area contributed by atoms with Gasteiger partial charge in [0.15, 0.2) is 0 Å². The predicted octanol–water partition coefficient (Wildman–Crippen LogP) is 2.10. The molecule has 182 valence electrons. The van der Waals surface area contributed by atoms with Crippen LogP contribution in [-0.2, 0) is 33.1 Å². The second kappa shape index (κ2) is 11.1. The van der Waals surface area contributed by atoms with Crippen LogP contribution in [0.25, 0.3) is 11.0 Å². The third-order valence-corrected chi connectivity index (χ3v) is 8.06. The van der Waals surface area contributed by atoms with Crippen molar-refractivity contribution < 1.29 is 18.0 Å². The molecule has 1 unspecified atom stereocenters. The molecule has 0 spiro atoms. The minimum absolute atomic E-state index is 0.0738. The molecule has 1 aromatic carbocycles. The van der Waals surface area contributed by atoms with Gasteiger partial charge in [-0.15, -0.1) is 0 Å². The van der Waals surface area contributed by atoms with Crippen LogP contribution in [0.5, 0.6) is 0 Å². The van der Waals surface area contributed by atoms with Gasteiger partial charge < -0.3 is 15.2 Å². The maximum absolute atomic E-state index is 13.0. The minimum atomic E-state index is -3.52. The number of hydrogen-bond acceptors (Lipinski definition) is 5. The molecule has 0 radical (unpaired) electrons. The van der Waals surface area contributed by atoms with E-state index in [1.165, 1.54) is 0 Å². The summed E-state index contributed by atoms with van der Waals surface area (Å²) in [5, 5.41) is 5.64. The second-order valence-electron chi connectivity index (χ2n) is 8.68. The fraction of sp³-hybridized carbons (Fsp3) is 0.609. The molecule has 2 N–H and O–H groups in total. The molecule has 1 aliphatic heterocycles. The Labute approximate surface area is 196 Å². The zero-order chi connectivity index (χ0) is 24.0. The number of rotatable bonds is 10. The van der Waals surface area contributed by atoms with Crippen LogP contribution in [0.4, 0.5) is 0 Å². The van der Waals surface area contributed by atoms with Crippen molar-refractivity contribution in [1.82, 2.24) is 24.5 Å². The summed E-state index contributed by atoms with van der Waals surface area (Å²) >= 11 is 0. The molecule has 2 amide bonds.